The maximum Gasteiger partial charge on any atom is 0.175 e. The molecule has 0 aliphatic rings. The van der Waals surface area contributed by atoms with Crippen LogP contribution in [0.2, 0.25) is 0 Å². The second-order valence-corrected chi connectivity index (χ2v) is 4.09. The van der Waals surface area contributed by atoms with Gasteiger partial charge in [-0.15, -0.1) is 5.10 Å². The van der Waals surface area contributed by atoms with Gasteiger partial charge in [-0.25, -0.2) is 4.68 Å². The molecule has 5 heteroatoms. The van der Waals surface area contributed by atoms with Crippen LogP contribution in [0.15, 0.2) is 18.3 Å². The molecule has 2 aromatic rings. The molecule has 5 nitrogen and oxygen atoms in total. The first-order chi connectivity index (χ1) is 8.22. The number of aryl methyl sites for hydroxylation is 2. The lowest BCUT2D eigenvalue weighted by atomic mass is 10.1. The highest BCUT2D eigenvalue weighted by Gasteiger charge is 2.08. The minimum atomic E-state index is 0.703. The first-order valence-corrected chi connectivity index (χ1v) is 5.76. The molecule has 0 unspecified atom stereocenters. The van der Waals surface area contributed by atoms with E-state index in [1.165, 1.54) is 5.56 Å². The summed E-state index contributed by atoms with van der Waals surface area (Å²) in [5, 5.41) is 12.5. The van der Waals surface area contributed by atoms with Gasteiger partial charge in [-0.3, -0.25) is 0 Å². The third-order valence-corrected chi connectivity index (χ3v) is 2.76. The Kier molecular flexibility index (Phi) is 3.49. The smallest absolute Gasteiger partial charge is 0.175 e. The molecular weight excluding hydrogens is 214 g/mol. The summed E-state index contributed by atoms with van der Waals surface area (Å²) in [4.78, 5) is 0. The van der Waals surface area contributed by atoms with Gasteiger partial charge in [0.15, 0.2) is 5.82 Å². The van der Waals surface area contributed by atoms with Gasteiger partial charge in [-0.2, -0.15) is 10.2 Å². The first kappa shape index (κ1) is 11.7. The molecule has 0 fully saturated rings. The highest BCUT2D eigenvalue weighted by atomic mass is 15.3. The molecule has 0 aromatic carbocycles. The molecule has 2 aromatic heterocycles. The van der Waals surface area contributed by atoms with Crippen molar-refractivity contribution < 1.29 is 0 Å². The average molecular weight is 231 g/mol. The minimum Gasteiger partial charge on any atom is -0.330 e. The maximum atomic E-state index is 5.51. The zero-order chi connectivity index (χ0) is 12.3. The summed E-state index contributed by atoms with van der Waals surface area (Å²) < 4.78 is 1.82. The van der Waals surface area contributed by atoms with Gasteiger partial charge >= 0.3 is 0 Å². The van der Waals surface area contributed by atoms with Crippen molar-refractivity contribution >= 4 is 0 Å². The lowest BCUT2D eigenvalue weighted by molar-refractivity contribution is 0.777. The summed E-state index contributed by atoms with van der Waals surface area (Å²) in [5.74, 6) is 0.757. The Bertz CT molecular complexity index is 486. The number of nitrogens with two attached hydrogens (primary N) is 1. The SMILES string of the molecule is Cc1ccc(-n2ncc(CCCN)c2C)nn1. The molecule has 0 amide bonds. The molecule has 0 radical (unpaired) electrons. The van der Waals surface area contributed by atoms with Crippen LogP contribution in [0.25, 0.3) is 5.82 Å². The number of hydrogen-bond donors (Lipinski definition) is 1. The van der Waals surface area contributed by atoms with E-state index in [1.807, 2.05) is 36.9 Å². The fourth-order valence-corrected chi connectivity index (χ4v) is 1.72. The number of rotatable bonds is 4. The lowest BCUT2D eigenvalue weighted by Gasteiger charge is -2.03. The van der Waals surface area contributed by atoms with Gasteiger partial charge in [-0.1, -0.05) is 0 Å². The van der Waals surface area contributed by atoms with E-state index in [2.05, 4.69) is 15.3 Å². The van der Waals surface area contributed by atoms with Crippen molar-refractivity contribution in [3.63, 3.8) is 0 Å². The molecular formula is C12H17N5. The molecule has 2 heterocycles. The number of nitrogens with zero attached hydrogens (tertiary/aromatic N) is 4. The largest absolute Gasteiger partial charge is 0.330 e. The van der Waals surface area contributed by atoms with Gasteiger partial charge in [0.25, 0.3) is 0 Å². The molecule has 0 saturated heterocycles. The molecule has 0 spiro atoms. The van der Waals surface area contributed by atoms with Gasteiger partial charge in [-0.05, 0) is 50.9 Å². The van der Waals surface area contributed by atoms with Crippen molar-refractivity contribution in [3.8, 4) is 5.82 Å². The Morgan fingerprint density at radius 1 is 1.24 bits per heavy atom. The highest BCUT2D eigenvalue weighted by Crippen LogP contribution is 2.13. The normalized spacial score (nSPS) is 10.8. The van der Waals surface area contributed by atoms with Crippen LogP contribution >= 0.6 is 0 Å². The minimum absolute atomic E-state index is 0.703. The van der Waals surface area contributed by atoms with Gasteiger partial charge in [0.1, 0.15) is 0 Å². The Morgan fingerprint density at radius 2 is 2.06 bits per heavy atom. The van der Waals surface area contributed by atoms with E-state index in [9.17, 15) is 0 Å². The van der Waals surface area contributed by atoms with Crippen molar-refractivity contribution in [2.24, 2.45) is 5.73 Å². The molecule has 0 bridgehead atoms. The van der Waals surface area contributed by atoms with Crippen LogP contribution in [0.4, 0.5) is 0 Å². The van der Waals surface area contributed by atoms with Crippen LogP contribution in [0, 0.1) is 13.8 Å². The van der Waals surface area contributed by atoms with Crippen LogP contribution in [0.3, 0.4) is 0 Å². The summed E-state index contributed by atoms with van der Waals surface area (Å²) in [6.07, 6.45) is 3.82. The maximum absolute atomic E-state index is 5.51. The summed E-state index contributed by atoms with van der Waals surface area (Å²) >= 11 is 0. The molecule has 0 aliphatic heterocycles. The molecule has 17 heavy (non-hydrogen) atoms. The molecule has 90 valence electrons. The van der Waals surface area contributed by atoms with Crippen LogP contribution in [-0.4, -0.2) is 26.5 Å². The van der Waals surface area contributed by atoms with E-state index in [-0.39, 0.29) is 0 Å². The Morgan fingerprint density at radius 3 is 2.71 bits per heavy atom. The van der Waals surface area contributed by atoms with Gasteiger partial charge in [0, 0.05) is 5.69 Å². The average Bonchev–Trinajstić information content (AvgIpc) is 2.69. The monoisotopic (exact) mass is 231 g/mol. The lowest BCUT2D eigenvalue weighted by Crippen LogP contribution is -2.04. The van der Waals surface area contributed by atoms with E-state index in [0.29, 0.717) is 6.54 Å². The fourth-order valence-electron chi connectivity index (χ4n) is 1.72. The number of aromatic nitrogens is 4. The Labute approximate surface area is 101 Å². The van der Waals surface area contributed by atoms with Gasteiger partial charge in [0.05, 0.1) is 11.9 Å². The van der Waals surface area contributed by atoms with Crippen LogP contribution < -0.4 is 5.73 Å². The van der Waals surface area contributed by atoms with Crippen LogP contribution in [0.5, 0.6) is 0 Å². The molecule has 0 saturated carbocycles. The summed E-state index contributed by atoms with van der Waals surface area (Å²) in [5.41, 5.74) is 8.74. The van der Waals surface area contributed by atoms with E-state index in [0.717, 1.165) is 30.0 Å². The summed E-state index contributed by atoms with van der Waals surface area (Å²) in [7, 11) is 0. The van der Waals surface area contributed by atoms with Crippen LogP contribution in [-0.2, 0) is 6.42 Å². The third-order valence-electron chi connectivity index (χ3n) is 2.76. The van der Waals surface area contributed by atoms with E-state index in [4.69, 9.17) is 5.73 Å². The van der Waals surface area contributed by atoms with Gasteiger partial charge in [0.2, 0.25) is 0 Å². The Balaban J connectivity index is 2.27. The third kappa shape index (κ3) is 2.50. The van der Waals surface area contributed by atoms with Crippen LogP contribution in [0.1, 0.15) is 23.4 Å². The quantitative estimate of drug-likeness (QED) is 0.857. The second-order valence-electron chi connectivity index (χ2n) is 4.09. The summed E-state index contributed by atoms with van der Waals surface area (Å²) in [6, 6.07) is 3.86. The van der Waals surface area contributed by atoms with Crippen molar-refractivity contribution in [1.82, 2.24) is 20.0 Å². The molecule has 2 rings (SSSR count). The Hall–Kier alpha value is -1.75. The first-order valence-electron chi connectivity index (χ1n) is 5.76. The highest BCUT2D eigenvalue weighted by molar-refractivity contribution is 5.27. The second kappa shape index (κ2) is 5.05. The standard InChI is InChI=1S/C12H17N5/c1-9-5-6-12(16-15-9)17-10(2)11(8-14-17)4-3-7-13/h5-6,8H,3-4,7,13H2,1-2H3. The zero-order valence-corrected chi connectivity index (χ0v) is 10.2. The van der Waals surface area contributed by atoms with E-state index in [1.54, 1.807) is 0 Å². The molecule has 0 aliphatic carbocycles. The molecule has 2 N–H and O–H groups in total. The predicted molar refractivity (Wildman–Crippen MR) is 66.0 cm³/mol. The van der Waals surface area contributed by atoms with E-state index < -0.39 is 0 Å². The van der Waals surface area contributed by atoms with E-state index >= 15 is 0 Å². The topological polar surface area (TPSA) is 69.6 Å². The van der Waals surface area contributed by atoms with Crippen molar-refractivity contribution in [2.45, 2.75) is 26.7 Å². The van der Waals surface area contributed by atoms with Crippen molar-refractivity contribution in [1.29, 1.82) is 0 Å². The van der Waals surface area contributed by atoms with Crippen molar-refractivity contribution in [2.75, 3.05) is 6.54 Å². The fraction of sp³-hybridized carbons (Fsp3) is 0.417. The summed E-state index contributed by atoms with van der Waals surface area (Å²) in [6.45, 7) is 4.66. The predicted octanol–water partition coefficient (Wildman–Crippen LogP) is 1.17. The molecule has 0 atom stereocenters. The number of hydrogen-bond acceptors (Lipinski definition) is 4. The zero-order valence-electron chi connectivity index (χ0n) is 10.2. The van der Waals surface area contributed by atoms with Crippen molar-refractivity contribution in [3.05, 3.63) is 35.3 Å². The van der Waals surface area contributed by atoms with Gasteiger partial charge < -0.3 is 5.73 Å².